The predicted octanol–water partition coefficient (Wildman–Crippen LogP) is 5.17. The van der Waals surface area contributed by atoms with Crippen LogP contribution in [0.1, 0.15) is 56.3 Å². The molecular formula is C23H32Cl2N4O2. The van der Waals surface area contributed by atoms with E-state index in [-0.39, 0.29) is 17.9 Å². The monoisotopic (exact) mass is 466 g/mol. The van der Waals surface area contributed by atoms with Gasteiger partial charge in [-0.05, 0) is 44.9 Å². The first-order chi connectivity index (χ1) is 14.8. The molecule has 31 heavy (non-hydrogen) atoms. The molecule has 2 aromatic rings. The van der Waals surface area contributed by atoms with Gasteiger partial charge in [-0.3, -0.25) is 9.69 Å². The molecule has 1 aliphatic rings. The Morgan fingerprint density at radius 3 is 2.52 bits per heavy atom. The molecule has 6 nitrogen and oxygen atoms in total. The summed E-state index contributed by atoms with van der Waals surface area (Å²) in [6, 6.07) is 5.87. The highest BCUT2D eigenvalue weighted by molar-refractivity contribution is 6.43. The highest BCUT2D eigenvalue weighted by Crippen LogP contribution is 2.32. The van der Waals surface area contributed by atoms with Crippen LogP contribution in [0.3, 0.4) is 0 Å². The lowest BCUT2D eigenvalue weighted by Gasteiger charge is -2.37. The van der Waals surface area contributed by atoms with Gasteiger partial charge in [-0.1, -0.05) is 43.1 Å². The zero-order chi connectivity index (χ0) is 22.5. The van der Waals surface area contributed by atoms with Crippen molar-refractivity contribution in [3.8, 4) is 0 Å². The molecule has 1 aliphatic heterocycles. The quantitative estimate of drug-likeness (QED) is 0.536. The molecule has 1 fully saturated rings. The van der Waals surface area contributed by atoms with Crippen molar-refractivity contribution in [3.05, 3.63) is 46.1 Å². The molecule has 3 rings (SSSR count). The third kappa shape index (κ3) is 5.73. The Hall–Kier alpha value is -1.76. The zero-order valence-electron chi connectivity index (χ0n) is 18.8. The van der Waals surface area contributed by atoms with Gasteiger partial charge in [-0.15, -0.1) is 0 Å². The molecule has 170 valence electrons. The lowest BCUT2D eigenvalue weighted by molar-refractivity contribution is 0.0661. The Morgan fingerprint density at radius 1 is 1.16 bits per heavy atom. The Morgan fingerprint density at radius 2 is 1.87 bits per heavy atom. The molecule has 0 unspecified atom stereocenters. The third-order valence-electron chi connectivity index (χ3n) is 5.74. The molecule has 0 atom stereocenters. The van der Waals surface area contributed by atoms with Crippen molar-refractivity contribution in [2.24, 2.45) is 0 Å². The second-order valence-electron chi connectivity index (χ2n) is 8.57. The molecule has 8 heteroatoms. The number of piperazine rings is 1. The normalized spacial score (nSPS) is 15.2. The minimum Gasteiger partial charge on any atom is -0.438 e. The van der Waals surface area contributed by atoms with E-state index in [9.17, 15) is 4.79 Å². The number of hydrogen-bond acceptors (Lipinski definition) is 5. The van der Waals surface area contributed by atoms with Gasteiger partial charge in [0.1, 0.15) is 0 Å². The fourth-order valence-electron chi connectivity index (χ4n) is 3.96. The highest BCUT2D eigenvalue weighted by atomic mass is 35.5. The van der Waals surface area contributed by atoms with Crippen LogP contribution in [0.5, 0.6) is 0 Å². The van der Waals surface area contributed by atoms with Crippen LogP contribution in [0.15, 0.2) is 29.0 Å². The summed E-state index contributed by atoms with van der Waals surface area (Å²) in [6.07, 6.45) is 2.28. The van der Waals surface area contributed by atoms with E-state index in [1.54, 1.807) is 0 Å². The number of anilines is 1. The fourth-order valence-corrected chi connectivity index (χ4v) is 4.38. The lowest BCUT2D eigenvalue weighted by Crippen LogP contribution is -2.47. The van der Waals surface area contributed by atoms with Gasteiger partial charge in [-0.2, -0.15) is 0 Å². The predicted molar refractivity (Wildman–Crippen MR) is 126 cm³/mol. The van der Waals surface area contributed by atoms with E-state index < -0.39 is 0 Å². The average Bonchev–Trinajstić information content (AvgIpc) is 3.23. The first-order valence-corrected chi connectivity index (χ1v) is 11.7. The van der Waals surface area contributed by atoms with Crippen LogP contribution in [0, 0.1) is 0 Å². The molecular weight excluding hydrogens is 435 g/mol. The van der Waals surface area contributed by atoms with Gasteiger partial charge in [-0.25, -0.2) is 4.98 Å². The van der Waals surface area contributed by atoms with Crippen molar-refractivity contribution in [2.75, 3.05) is 44.2 Å². The number of oxazole rings is 1. The van der Waals surface area contributed by atoms with Crippen LogP contribution in [0.4, 0.5) is 5.69 Å². The molecule has 1 amide bonds. The molecule has 0 saturated carbocycles. The summed E-state index contributed by atoms with van der Waals surface area (Å²) >= 11 is 12.5. The number of carbonyl (C=O) groups is 1. The van der Waals surface area contributed by atoms with Gasteiger partial charge in [0.2, 0.25) is 5.76 Å². The van der Waals surface area contributed by atoms with Crippen molar-refractivity contribution < 1.29 is 9.21 Å². The van der Waals surface area contributed by atoms with E-state index in [4.69, 9.17) is 27.6 Å². The maximum atomic E-state index is 13.1. The van der Waals surface area contributed by atoms with E-state index in [0.717, 1.165) is 50.5 Å². The van der Waals surface area contributed by atoms with Crippen LogP contribution >= 0.6 is 23.2 Å². The Kier molecular flexibility index (Phi) is 8.25. The van der Waals surface area contributed by atoms with E-state index >= 15 is 0 Å². The summed E-state index contributed by atoms with van der Waals surface area (Å²) < 4.78 is 5.45. The van der Waals surface area contributed by atoms with Gasteiger partial charge in [0.15, 0.2) is 6.39 Å². The second-order valence-corrected chi connectivity index (χ2v) is 9.35. The van der Waals surface area contributed by atoms with Crippen LogP contribution in [0.2, 0.25) is 10.0 Å². The van der Waals surface area contributed by atoms with E-state index in [2.05, 4.69) is 14.8 Å². The van der Waals surface area contributed by atoms with Gasteiger partial charge >= 0.3 is 0 Å². The number of amides is 1. The average molecular weight is 467 g/mol. The number of carbonyl (C=O) groups excluding carboxylic acids is 1. The molecule has 0 radical (unpaired) electrons. The zero-order valence-corrected chi connectivity index (χ0v) is 20.3. The second kappa shape index (κ2) is 10.7. The number of halogens is 2. The number of nitrogens with zero attached hydrogens (tertiary/aromatic N) is 4. The first kappa shape index (κ1) is 23.9. The molecule has 1 aromatic heterocycles. The fraction of sp³-hybridized carbons (Fsp3) is 0.565. The number of hydrogen-bond donors (Lipinski definition) is 0. The summed E-state index contributed by atoms with van der Waals surface area (Å²) in [6.45, 7) is 13.5. The SMILES string of the molecule is CC(C)c1ncoc1C(=O)N(CCCN1CCN(c2cccc(Cl)c2Cl)CC1)C(C)C. The molecule has 1 saturated heterocycles. The minimum atomic E-state index is -0.0726. The molecule has 0 aliphatic carbocycles. The summed E-state index contributed by atoms with van der Waals surface area (Å²) in [5, 5.41) is 1.21. The number of aromatic nitrogens is 1. The van der Waals surface area contributed by atoms with Crippen molar-refractivity contribution in [2.45, 2.75) is 46.1 Å². The van der Waals surface area contributed by atoms with Gasteiger partial charge in [0.05, 0.1) is 21.4 Å². The summed E-state index contributed by atoms with van der Waals surface area (Å²) in [5.74, 6) is 0.448. The van der Waals surface area contributed by atoms with Crippen molar-refractivity contribution in [1.82, 2.24) is 14.8 Å². The number of rotatable bonds is 8. The molecule has 0 N–H and O–H groups in total. The maximum absolute atomic E-state index is 13.1. The lowest BCUT2D eigenvalue weighted by atomic mass is 10.1. The van der Waals surface area contributed by atoms with Crippen LogP contribution < -0.4 is 4.90 Å². The standard InChI is InChI=1S/C23H32Cl2N4O2/c1-16(2)21-22(31-15-26-21)23(30)29(17(3)4)10-6-9-27-11-13-28(14-12-27)19-8-5-7-18(24)20(19)25/h5,7-8,15-17H,6,9-14H2,1-4H3. The van der Waals surface area contributed by atoms with Crippen molar-refractivity contribution >= 4 is 34.8 Å². The topological polar surface area (TPSA) is 52.8 Å². The minimum absolute atomic E-state index is 0.0726. The van der Waals surface area contributed by atoms with Gasteiger partial charge < -0.3 is 14.2 Å². The smallest absolute Gasteiger partial charge is 0.291 e. The Balaban J connectivity index is 1.51. The highest BCUT2D eigenvalue weighted by Gasteiger charge is 2.26. The maximum Gasteiger partial charge on any atom is 0.291 e. The first-order valence-electron chi connectivity index (χ1n) is 10.9. The van der Waals surface area contributed by atoms with E-state index in [1.807, 2.05) is 50.8 Å². The van der Waals surface area contributed by atoms with Crippen LogP contribution in [-0.2, 0) is 0 Å². The van der Waals surface area contributed by atoms with Crippen LogP contribution in [-0.4, -0.2) is 66.0 Å². The summed E-state index contributed by atoms with van der Waals surface area (Å²) in [5.41, 5.74) is 1.73. The van der Waals surface area contributed by atoms with Crippen LogP contribution in [0.25, 0.3) is 0 Å². The van der Waals surface area contributed by atoms with Gasteiger partial charge in [0.25, 0.3) is 5.91 Å². The third-order valence-corrected chi connectivity index (χ3v) is 6.55. The van der Waals surface area contributed by atoms with Crippen molar-refractivity contribution in [3.63, 3.8) is 0 Å². The molecule has 0 spiro atoms. The molecule has 2 heterocycles. The van der Waals surface area contributed by atoms with Crippen molar-refractivity contribution in [1.29, 1.82) is 0 Å². The Bertz CT molecular complexity index is 876. The Labute approximate surface area is 195 Å². The molecule has 1 aromatic carbocycles. The molecule has 0 bridgehead atoms. The number of benzene rings is 1. The van der Waals surface area contributed by atoms with E-state index in [0.29, 0.717) is 22.4 Å². The summed E-state index contributed by atoms with van der Waals surface area (Å²) in [7, 11) is 0. The van der Waals surface area contributed by atoms with Gasteiger partial charge in [0, 0.05) is 38.8 Å². The largest absolute Gasteiger partial charge is 0.438 e. The summed E-state index contributed by atoms with van der Waals surface area (Å²) in [4.78, 5) is 23.9. The van der Waals surface area contributed by atoms with E-state index in [1.165, 1.54) is 6.39 Å².